The summed E-state index contributed by atoms with van der Waals surface area (Å²) in [6.07, 6.45) is 1.81. The van der Waals surface area contributed by atoms with Crippen molar-refractivity contribution < 1.29 is 9.90 Å². The van der Waals surface area contributed by atoms with Gasteiger partial charge in [0.25, 0.3) is 5.91 Å². The van der Waals surface area contributed by atoms with E-state index < -0.39 is 0 Å². The highest BCUT2D eigenvalue weighted by molar-refractivity contribution is 6.04. The molecule has 2 heterocycles. The van der Waals surface area contributed by atoms with Crippen molar-refractivity contribution in [1.82, 2.24) is 15.1 Å². The number of carbonyl (C=O) groups excluding carboxylic acids is 1. The van der Waals surface area contributed by atoms with E-state index in [0.29, 0.717) is 12.2 Å². The molecule has 5 nitrogen and oxygen atoms in total. The fraction of sp³-hybridized carbons (Fsp3) is 0.385. The van der Waals surface area contributed by atoms with Gasteiger partial charge in [0.05, 0.1) is 18.2 Å². The first kappa shape index (κ1) is 11.2. The largest absolute Gasteiger partial charge is 0.394 e. The van der Waals surface area contributed by atoms with E-state index in [1.54, 1.807) is 4.90 Å². The number of aromatic amines is 1. The van der Waals surface area contributed by atoms with Gasteiger partial charge in [0.1, 0.15) is 0 Å². The summed E-state index contributed by atoms with van der Waals surface area (Å²) in [4.78, 5) is 14.1. The van der Waals surface area contributed by atoms with Gasteiger partial charge < -0.3 is 10.0 Å². The molecule has 94 valence electrons. The number of rotatable bonds is 2. The van der Waals surface area contributed by atoms with Gasteiger partial charge in [-0.05, 0) is 18.9 Å². The summed E-state index contributed by atoms with van der Waals surface area (Å²) in [7, 11) is 0. The van der Waals surface area contributed by atoms with E-state index in [4.69, 9.17) is 0 Å². The van der Waals surface area contributed by atoms with E-state index in [1.807, 2.05) is 24.3 Å². The van der Waals surface area contributed by atoms with Crippen molar-refractivity contribution in [2.45, 2.75) is 18.9 Å². The molecule has 1 saturated heterocycles. The molecule has 18 heavy (non-hydrogen) atoms. The summed E-state index contributed by atoms with van der Waals surface area (Å²) >= 11 is 0. The van der Waals surface area contributed by atoms with Crippen LogP contribution in [0, 0.1) is 0 Å². The molecular weight excluding hydrogens is 230 g/mol. The van der Waals surface area contributed by atoms with Crippen LogP contribution in [0.5, 0.6) is 0 Å². The van der Waals surface area contributed by atoms with Gasteiger partial charge in [-0.2, -0.15) is 5.10 Å². The summed E-state index contributed by atoms with van der Waals surface area (Å²) in [6, 6.07) is 7.51. The monoisotopic (exact) mass is 245 g/mol. The quantitative estimate of drug-likeness (QED) is 0.834. The molecule has 1 aromatic carbocycles. The number of aliphatic hydroxyl groups is 1. The number of hydrogen-bond donors (Lipinski definition) is 2. The Morgan fingerprint density at radius 3 is 3.17 bits per heavy atom. The number of H-pyrrole nitrogens is 1. The maximum atomic E-state index is 12.4. The lowest BCUT2D eigenvalue weighted by Crippen LogP contribution is -2.37. The van der Waals surface area contributed by atoms with Crippen molar-refractivity contribution in [2.24, 2.45) is 0 Å². The normalized spacial score (nSPS) is 19.6. The molecule has 0 aliphatic carbocycles. The third-order valence-corrected chi connectivity index (χ3v) is 3.52. The average molecular weight is 245 g/mol. The Hall–Kier alpha value is -1.88. The second-order valence-electron chi connectivity index (χ2n) is 4.59. The lowest BCUT2D eigenvalue weighted by atomic mass is 10.2. The zero-order chi connectivity index (χ0) is 12.5. The molecule has 1 aliphatic rings. The molecule has 1 fully saturated rings. The molecule has 2 aromatic rings. The van der Waals surface area contributed by atoms with E-state index in [0.717, 1.165) is 23.7 Å². The molecule has 1 amide bonds. The van der Waals surface area contributed by atoms with Crippen LogP contribution in [-0.4, -0.2) is 45.3 Å². The second-order valence-corrected chi connectivity index (χ2v) is 4.59. The zero-order valence-electron chi connectivity index (χ0n) is 9.97. The van der Waals surface area contributed by atoms with Crippen LogP contribution in [-0.2, 0) is 0 Å². The third kappa shape index (κ3) is 1.67. The second kappa shape index (κ2) is 4.42. The van der Waals surface area contributed by atoms with Gasteiger partial charge in [0.15, 0.2) is 5.69 Å². The van der Waals surface area contributed by atoms with Crippen molar-refractivity contribution in [3.8, 4) is 0 Å². The molecule has 2 N–H and O–H groups in total. The van der Waals surface area contributed by atoms with E-state index in [-0.39, 0.29) is 18.6 Å². The van der Waals surface area contributed by atoms with Crippen LogP contribution in [0.25, 0.3) is 10.9 Å². The molecule has 1 aromatic heterocycles. The number of aliphatic hydroxyl groups excluding tert-OH is 1. The predicted octanol–water partition coefficient (Wildman–Crippen LogP) is 1.16. The molecule has 0 bridgehead atoms. The van der Waals surface area contributed by atoms with E-state index in [9.17, 15) is 9.90 Å². The molecule has 1 aliphatic heterocycles. The first-order chi connectivity index (χ1) is 8.81. The molecule has 0 unspecified atom stereocenters. The molecular formula is C13H15N3O2. The number of benzene rings is 1. The van der Waals surface area contributed by atoms with E-state index >= 15 is 0 Å². The van der Waals surface area contributed by atoms with Crippen LogP contribution < -0.4 is 0 Å². The number of likely N-dealkylation sites (tertiary alicyclic amines) is 1. The molecule has 0 spiro atoms. The number of para-hydroxylation sites is 1. The summed E-state index contributed by atoms with van der Waals surface area (Å²) in [5.74, 6) is -0.0935. The van der Waals surface area contributed by atoms with Crippen LogP contribution >= 0.6 is 0 Å². The van der Waals surface area contributed by atoms with Crippen molar-refractivity contribution in [3.05, 3.63) is 30.0 Å². The molecule has 0 radical (unpaired) electrons. The van der Waals surface area contributed by atoms with Crippen LogP contribution in [0.1, 0.15) is 23.3 Å². The molecule has 5 heteroatoms. The Balaban J connectivity index is 1.97. The summed E-state index contributed by atoms with van der Waals surface area (Å²) in [5, 5.41) is 17.1. The topological polar surface area (TPSA) is 69.2 Å². The zero-order valence-corrected chi connectivity index (χ0v) is 9.97. The number of carbonyl (C=O) groups is 1. The smallest absolute Gasteiger partial charge is 0.275 e. The minimum Gasteiger partial charge on any atom is -0.394 e. The van der Waals surface area contributed by atoms with Crippen molar-refractivity contribution >= 4 is 16.8 Å². The summed E-state index contributed by atoms with van der Waals surface area (Å²) in [5.41, 5.74) is 1.31. The van der Waals surface area contributed by atoms with Gasteiger partial charge in [0, 0.05) is 11.9 Å². The van der Waals surface area contributed by atoms with Gasteiger partial charge in [-0.25, -0.2) is 0 Å². The van der Waals surface area contributed by atoms with E-state index in [1.165, 1.54) is 0 Å². The fourth-order valence-electron chi connectivity index (χ4n) is 2.56. The molecule has 3 rings (SSSR count). The maximum absolute atomic E-state index is 12.4. The van der Waals surface area contributed by atoms with Crippen LogP contribution in [0.2, 0.25) is 0 Å². The summed E-state index contributed by atoms with van der Waals surface area (Å²) < 4.78 is 0. The first-order valence-electron chi connectivity index (χ1n) is 6.16. The summed E-state index contributed by atoms with van der Waals surface area (Å²) in [6.45, 7) is 0.722. The number of nitrogens with one attached hydrogen (secondary N) is 1. The number of nitrogens with zero attached hydrogens (tertiary/aromatic N) is 2. The number of aromatic nitrogens is 2. The van der Waals surface area contributed by atoms with Gasteiger partial charge in [-0.15, -0.1) is 0 Å². The Kier molecular flexibility index (Phi) is 2.76. The highest BCUT2D eigenvalue weighted by Gasteiger charge is 2.30. The van der Waals surface area contributed by atoms with Crippen LogP contribution in [0.15, 0.2) is 24.3 Å². The lowest BCUT2D eigenvalue weighted by molar-refractivity contribution is 0.0673. The molecule has 0 saturated carbocycles. The number of hydrogen-bond acceptors (Lipinski definition) is 3. The number of amides is 1. The maximum Gasteiger partial charge on any atom is 0.275 e. The van der Waals surface area contributed by atoms with Crippen LogP contribution in [0.3, 0.4) is 0 Å². The first-order valence-corrected chi connectivity index (χ1v) is 6.16. The Morgan fingerprint density at radius 2 is 2.33 bits per heavy atom. The Bertz CT molecular complexity index is 578. The average Bonchev–Trinajstić information content (AvgIpc) is 3.04. The number of fused-ring (bicyclic) bond motifs is 1. The SMILES string of the molecule is O=C(c1n[nH]c2ccccc12)N1CCC[C@@H]1CO. The van der Waals surface area contributed by atoms with Crippen LogP contribution in [0.4, 0.5) is 0 Å². The Morgan fingerprint density at radius 1 is 1.50 bits per heavy atom. The van der Waals surface area contributed by atoms with Gasteiger partial charge in [-0.3, -0.25) is 9.89 Å². The highest BCUT2D eigenvalue weighted by Crippen LogP contribution is 2.22. The van der Waals surface area contributed by atoms with Crippen molar-refractivity contribution in [3.63, 3.8) is 0 Å². The van der Waals surface area contributed by atoms with E-state index in [2.05, 4.69) is 10.2 Å². The lowest BCUT2D eigenvalue weighted by Gasteiger charge is -2.21. The standard InChI is InChI=1S/C13H15N3O2/c17-8-9-4-3-7-16(9)13(18)12-10-5-1-2-6-11(10)14-15-12/h1-2,5-6,9,17H,3-4,7-8H2,(H,14,15)/t9-/m1/s1. The highest BCUT2D eigenvalue weighted by atomic mass is 16.3. The van der Waals surface area contributed by atoms with Gasteiger partial charge in [-0.1, -0.05) is 18.2 Å². The third-order valence-electron chi connectivity index (χ3n) is 3.52. The minimum atomic E-state index is -0.0935. The van der Waals surface area contributed by atoms with Gasteiger partial charge >= 0.3 is 0 Å². The Labute approximate surface area is 104 Å². The predicted molar refractivity (Wildman–Crippen MR) is 67.2 cm³/mol. The fourth-order valence-corrected chi connectivity index (χ4v) is 2.56. The van der Waals surface area contributed by atoms with Crippen molar-refractivity contribution in [1.29, 1.82) is 0 Å². The van der Waals surface area contributed by atoms with Crippen molar-refractivity contribution in [2.75, 3.05) is 13.2 Å². The van der Waals surface area contributed by atoms with Gasteiger partial charge in [0.2, 0.25) is 0 Å². The minimum absolute atomic E-state index is 0.0219. The molecule has 1 atom stereocenters.